The fourth-order valence-corrected chi connectivity index (χ4v) is 1.87. The van der Waals surface area contributed by atoms with Crippen molar-refractivity contribution in [3.05, 3.63) is 64.7 Å². The van der Waals surface area contributed by atoms with E-state index in [1.807, 2.05) is 19.1 Å². The van der Waals surface area contributed by atoms with Crippen molar-refractivity contribution >= 4 is 35.3 Å². The zero-order valence-electron chi connectivity index (χ0n) is 11.8. The Kier molecular flexibility index (Phi) is 5.27. The van der Waals surface area contributed by atoms with Crippen LogP contribution in [0.25, 0.3) is 0 Å². The maximum absolute atomic E-state index is 11.8. The summed E-state index contributed by atoms with van der Waals surface area (Å²) in [5.74, 6) is -1.64. The SMILES string of the molecule is Cc1ccccc1NC(=O)C(=O)N/N=C\c1ccccc1Cl. The molecule has 6 heteroatoms. The zero-order valence-corrected chi connectivity index (χ0v) is 12.6. The van der Waals surface area contributed by atoms with Crippen LogP contribution < -0.4 is 10.7 Å². The molecule has 22 heavy (non-hydrogen) atoms. The summed E-state index contributed by atoms with van der Waals surface area (Å²) in [4.78, 5) is 23.4. The zero-order chi connectivity index (χ0) is 15.9. The Morgan fingerprint density at radius 2 is 1.73 bits per heavy atom. The van der Waals surface area contributed by atoms with E-state index in [-0.39, 0.29) is 0 Å². The standard InChI is InChI=1S/C16H14ClN3O2/c1-11-6-2-5-9-14(11)19-15(21)16(22)20-18-10-12-7-3-4-8-13(12)17/h2-10H,1H3,(H,19,21)(H,20,22)/b18-10-. The first-order chi connectivity index (χ1) is 10.6. The van der Waals surface area contributed by atoms with E-state index in [4.69, 9.17) is 11.6 Å². The van der Waals surface area contributed by atoms with Gasteiger partial charge in [0.2, 0.25) is 0 Å². The van der Waals surface area contributed by atoms with Crippen LogP contribution >= 0.6 is 11.6 Å². The van der Waals surface area contributed by atoms with E-state index in [9.17, 15) is 9.59 Å². The van der Waals surface area contributed by atoms with Crippen LogP contribution in [-0.2, 0) is 9.59 Å². The number of carbonyl (C=O) groups excluding carboxylic acids is 2. The molecule has 2 aromatic rings. The number of para-hydroxylation sites is 1. The smallest absolute Gasteiger partial charge is 0.317 e. The largest absolute Gasteiger partial charge is 0.329 e. The molecule has 112 valence electrons. The normalized spacial score (nSPS) is 10.5. The molecule has 0 aliphatic rings. The summed E-state index contributed by atoms with van der Waals surface area (Å²) in [6.07, 6.45) is 1.38. The number of nitrogens with zero attached hydrogens (tertiary/aromatic N) is 1. The fourth-order valence-electron chi connectivity index (χ4n) is 1.68. The Labute approximate surface area is 133 Å². The summed E-state index contributed by atoms with van der Waals surface area (Å²) in [5, 5.41) is 6.74. The Bertz CT molecular complexity index is 729. The quantitative estimate of drug-likeness (QED) is 0.519. The Balaban J connectivity index is 1.94. The average Bonchev–Trinajstić information content (AvgIpc) is 2.51. The van der Waals surface area contributed by atoms with Crippen molar-refractivity contribution in [1.29, 1.82) is 0 Å². The topological polar surface area (TPSA) is 70.6 Å². The molecule has 0 aliphatic carbocycles. The second-order valence-corrected chi connectivity index (χ2v) is 4.90. The van der Waals surface area contributed by atoms with Gasteiger partial charge in [0, 0.05) is 16.3 Å². The average molecular weight is 316 g/mol. The second kappa shape index (κ2) is 7.38. The number of rotatable bonds is 3. The molecule has 0 bridgehead atoms. The van der Waals surface area contributed by atoms with Crippen molar-refractivity contribution < 1.29 is 9.59 Å². The molecule has 2 amide bonds. The number of nitrogens with one attached hydrogen (secondary N) is 2. The molecule has 0 radical (unpaired) electrons. The van der Waals surface area contributed by atoms with Gasteiger partial charge < -0.3 is 5.32 Å². The second-order valence-electron chi connectivity index (χ2n) is 4.49. The van der Waals surface area contributed by atoms with Gasteiger partial charge in [-0.05, 0) is 24.6 Å². The lowest BCUT2D eigenvalue weighted by atomic mass is 10.2. The van der Waals surface area contributed by atoms with Crippen LogP contribution in [0.15, 0.2) is 53.6 Å². The van der Waals surface area contributed by atoms with E-state index < -0.39 is 11.8 Å². The van der Waals surface area contributed by atoms with E-state index in [0.717, 1.165) is 5.56 Å². The van der Waals surface area contributed by atoms with Crippen LogP contribution in [0.4, 0.5) is 5.69 Å². The van der Waals surface area contributed by atoms with Gasteiger partial charge in [0.15, 0.2) is 0 Å². The first-order valence-electron chi connectivity index (χ1n) is 6.52. The van der Waals surface area contributed by atoms with Crippen molar-refractivity contribution in [2.75, 3.05) is 5.32 Å². The Hall–Kier alpha value is -2.66. The highest BCUT2D eigenvalue weighted by molar-refractivity contribution is 6.39. The molecule has 2 aromatic carbocycles. The summed E-state index contributed by atoms with van der Waals surface area (Å²) >= 11 is 5.94. The van der Waals surface area contributed by atoms with E-state index in [0.29, 0.717) is 16.3 Å². The van der Waals surface area contributed by atoms with E-state index in [1.54, 1.807) is 36.4 Å². The molecule has 2 N–H and O–H groups in total. The van der Waals surface area contributed by atoms with Crippen molar-refractivity contribution in [2.45, 2.75) is 6.92 Å². The lowest BCUT2D eigenvalue weighted by Gasteiger charge is -2.06. The molecule has 2 rings (SSSR count). The number of amides is 2. The maximum Gasteiger partial charge on any atom is 0.329 e. The fraction of sp³-hybridized carbons (Fsp3) is 0.0625. The molecule has 0 saturated carbocycles. The van der Waals surface area contributed by atoms with Crippen molar-refractivity contribution in [1.82, 2.24) is 5.43 Å². The van der Waals surface area contributed by atoms with Crippen molar-refractivity contribution in [2.24, 2.45) is 5.10 Å². The van der Waals surface area contributed by atoms with Gasteiger partial charge in [-0.25, -0.2) is 5.43 Å². The van der Waals surface area contributed by atoms with E-state index in [1.165, 1.54) is 6.21 Å². The molecule has 0 fully saturated rings. The van der Waals surface area contributed by atoms with E-state index in [2.05, 4.69) is 15.8 Å². The van der Waals surface area contributed by atoms with Crippen molar-refractivity contribution in [3.8, 4) is 0 Å². The van der Waals surface area contributed by atoms with Gasteiger partial charge in [-0.15, -0.1) is 0 Å². The predicted octanol–water partition coefficient (Wildman–Crippen LogP) is 2.74. The van der Waals surface area contributed by atoms with Gasteiger partial charge in [0.1, 0.15) is 0 Å². The third-order valence-electron chi connectivity index (χ3n) is 2.87. The first kappa shape index (κ1) is 15.7. The van der Waals surface area contributed by atoms with Gasteiger partial charge in [-0.3, -0.25) is 9.59 Å². The molecule has 0 saturated heterocycles. The van der Waals surface area contributed by atoms with E-state index >= 15 is 0 Å². The van der Waals surface area contributed by atoms with Crippen LogP contribution in [-0.4, -0.2) is 18.0 Å². The Morgan fingerprint density at radius 3 is 2.45 bits per heavy atom. The minimum Gasteiger partial charge on any atom is -0.317 e. The van der Waals surface area contributed by atoms with Gasteiger partial charge >= 0.3 is 11.8 Å². The molecule has 0 aliphatic heterocycles. The molecule has 0 unspecified atom stereocenters. The lowest BCUT2D eigenvalue weighted by Crippen LogP contribution is -2.32. The molecule has 0 heterocycles. The number of benzene rings is 2. The van der Waals surface area contributed by atoms with Crippen molar-refractivity contribution in [3.63, 3.8) is 0 Å². The third-order valence-corrected chi connectivity index (χ3v) is 3.22. The number of aryl methyl sites for hydroxylation is 1. The molecule has 0 atom stereocenters. The number of anilines is 1. The summed E-state index contributed by atoms with van der Waals surface area (Å²) < 4.78 is 0. The summed E-state index contributed by atoms with van der Waals surface area (Å²) in [6.45, 7) is 1.84. The maximum atomic E-state index is 11.8. The first-order valence-corrected chi connectivity index (χ1v) is 6.90. The van der Waals surface area contributed by atoms with Crippen LogP contribution in [0.3, 0.4) is 0 Å². The molecule has 0 spiro atoms. The molecular formula is C16H14ClN3O2. The Morgan fingerprint density at radius 1 is 1.05 bits per heavy atom. The van der Waals surface area contributed by atoms with Gasteiger partial charge in [-0.2, -0.15) is 5.10 Å². The van der Waals surface area contributed by atoms with Gasteiger partial charge in [-0.1, -0.05) is 48.0 Å². The molecule has 0 aromatic heterocycles. The van der Waals surface area contributed by atoms with Crippen LogP contribution in [0, 0.1) is 6.92 Å². The minimum absolute atomic E-state index is 0.505. The summed E-state index contributed by atoms with van der Waals surface area (Å²) in [6, 6.07) is 14.2. The summed E-state index contributed by atoms with van der Waals surface area (Å²) in [7, 11) is 0. The number of hydrogen-bond donors (Lipinski definition) is 2. The van der Waals surface area contributed by atoms with Gasteiger partial charge in [0.05, 0.1) is 6.21 Å². The van der Waals surface area contributed by atoms with Gasteiger partial charge in [0.25, 0.3) is 0 Å². The number of halogens is 1. The highest BCUT2D eigenvalue weighted by atomic mass is 35.5. The minimum atomic E-state index is -0.855. The highest BCUT2D eigenvalue weighted by Crippen LogP contribution is 2.13. The summed E-state index contributed by atoms with van der Waals surface area (Å²) in [5.41, 5.74) is 4.25. The number of carbonyl (C=O) groups is 2. The number of hydrazone groups is 1. The molecule has 5 nitrogen and oxygen atoms in total. The third kappa shape index (κ3) is 4.17. The highest BCUT2D eigenvalue weighted by Gasteiger charge is 2.13. The molecular weight excluding hydrogens is 302 g/mol. The lowest BCUT2D eigenvalue weighted by molar-refractivity contribution is -0.136. The monoisotopic (exact) mass is 315 g/mol. The predicted molar refractivity (Wildman–Crippen MR) is 87.0 cm³/mol. The van der Waals surface area contributed by atoms with Crippen LogP contribution in [0.5, 0.6) is 0 Å². The van der Waals surface area contributed by atoms with Crippen LogP contribution in [0.2, 0.25) is 5.02 Å². The van der Waals surface area contributed by atoms with Crippen LogP contribution in [0.1, 0.15) is 11.1 Å². The number of hydrogen-bond acceptors (Lipinski definition) is 3.